The van der Waals surface area contributed by atoms with E-state index >= 15 is 0 Å². The summed E-state index contributed by atoms with van der Waals surface area (Å²) in [5.74, 6) is -0.516. The predicted molar refractivity (Wildman–Crippen MR) is 82.2 cm³/mol. The minimum atomic E-state index is -0.655. The lowest BCUT2D eigenvalue weighted by Crippen LogP contribution is -2.25. The van der Waals surface area contributed by atoms with Crippen molar-refractivity contribution < 1.29 is 23.9 Å². The Labute approximate surface area is 132 Å². The molecule has 0 saturated carbocycles. The first kappa shape index (κ1) is 14.8. The van der Waals surface area contributed by atoms with Gasteiger partial charge < -0.3 is 14.8 Å². The first-order chi connectivity index (χ1) is 11.1. The third-order valence-corrected chi connectivity index (χ3v) is 3.43. The summed E-state index contributed by atoms with van der Waals surface area (Å²) in [7, 11) is 1.52. The molecular weight excluding hydrogens is 298 g/mol. The summed E-state index contributed by atoms with van der Waals surface area (Å²) in [6.07, 6.45) is 0. The fourth-order valence-electron chi connectivity index (χ4n) is 2.23. The zero-order chi connectivity index (χ0) is 16.4. The van der Waals surface area contributed by atoms with E-state index in [1.54, 1.807) is 18.2 Å². The standard InChI is InChI=1S/C17H13NO5/c1-22-12-5-2-10(3-6-12)16(20)17(21)11-4-7-14-13(8-11)18-15(19)9-23-14/h2-8H,9H2,1H3,(H,18,19). The molecule has 1 heterocycles. The van der Waals surface area contributed by atoms with Crippen LogP contribution >= 0.6 is 0 Å². The maximum absolute atomic E-state index is 12.3. The van der Waals surface area contributed by atoms with Gasteiger partial charge in [0.1, 0.15) is 11.5 Å². The van der Waals surface area contributed by atoms with E-state index in [9.17, 15) is 14.4 Å². The molecule has 6 nitrogen and oxygen atoms in total. The van der Waals surface area contributed by atoms with Gasteiger partial charge in [-0.2, -0.15) is 0 Å². The number of carbonyl (C=O) groups is 3. The average molecular weight is 311 g/mol. The lowest BCUT2D eigenvalue weighted by molar-refractivity contribution is -0.118. The quantitative estimate of drug-likeness (QED) is 0.690. The van der Waals surface area contributed by atoms with E-state index in [4.69, 9.17) is 9.47 Å². The van der Waals surface area contributed by atoms with Crippen molar-refractivity contribution in [2.24, 2.45) is 0 Å². The highest BCUT2D eigenvalue weighted by Gasteiger charge is 2.22. The second kappa shape index (κ2) is 5.92. The van der Waals surface area contributed by atoms with Crippen molar-refractivity contribution >= 4 is 23.2 Å². The summed E-state index contributed by atoms with van der Waals surface area (Å²) in [4.78, 5) is 35.9. The van der Waals surface area contributed by atoms with E-state index in [0.717, 1.165) is 0 Å². The SMILES string of the molecule is COc1ccc(C(=O)C(=O)c2ccc3c(c2)NC(=O)CO3)cc1. The molecule has 23 heavy (non-hydrogen) atoms. The van der Waals surface area contributed by atoms with Gasteiger partial charge in [0.25, 0.3) is 5.91 Å². The first-order valence-electron chi connectivity index (χ1n) is 6.88. The zero-order valence-electron chi connectivity index (χ0n) is 12.3. The molecule has 2 aromatic carbocycles. The lowest BCUT2D eigenvalue weighted by Gasteiger charge is -2.18. The van der Waals surface area contributed by atoms with Crippen molar-refractivity contribution in [2.45, 2.75) is 0 Å². The minimum absolute atomic E-state index is 0.0644. The second-order valence-electron chi connectivity index (χ2n) is 4.93. The molecule has 1 N–H and O–H groups in total. The van der Waals surface area contributed by atoms with Gasteiger partial charge in [0.05, 0.1) is 12.8 Å². The van der Waals surface area contributed by atoms with E-state index in [2.05, 4.69) is 5.32 Å². The lowest BCUT2D eigenvalue weighted by atomic mass is 10.0. The Morgan fingerprint density at radius 1 is 1.04 bits per heavy atom. The number of ketones is 2. The van der Waals surface area contributed by atoms with Crippen LogP contribution in [0.4, 0.5) is 5.69 Å². The fourth-order valence-corrected chi connectivity index (χ4v) is 2.23. The molecule has 1 amide bonds. The van der Waals surface area contributed by atoms with Gasteiger partial charge in [0.15, 0.2) is 6.61 Å². The summed E-state index contributed by atoms with van der Waals surface area (Å²) < 4.78 is 10.2. The Balaban J connectivity index is 1.86. The highest BCUT2D eigenvalue weighted by Crippen LogP contribution is 2.29. The number of Topliss-reactive ketones (excluding diaryl/α,β-unsaturated/α-hetero) is 2. The van der Waals surface area contributed by atoms with Gasteiger partial charge in [0.2, 0.25) is 11.6 Å². The number of ether oxygens (including phenoxy) is 2. The topological polar surface area (TPSA) is 81.7 Å². The maximum Gasteiger partial charge on any atom is 0.262 e. The summed E-state index contributed by atoms with van der Waals surface area (Å²) >= 11 is 0. The molecule has 116 valence electrons. The van der Waals surface area contributed by atoms with Crippen molar-refractivity contribution in [1.82, 2.24) is 0 Å². The molecule has 0 spiro atoms. The molecular formula is C17H13NO5. The van der Waals surface area contributed by atoms with Gasteiger partial charge in [-0.3, -0.25) is 14.4 Å². The molecule has 0 unspecified atom stereocenters. The van der Waals surface area contributed by atoms with Crippen LogP contribution in [0.1, 0.15) is 20.7 Å². The molecule has 0 bridgehead atoms. The number of nitrogens with one attached hydrogen (secondary N) is 1. The van der Waals surface area contributed by atoms with Crippen molar-refractivity contribution in [3.05, 3.63) is 53.6 Å². The number of carbonyl (C=O) groups excluding carboxylic acids is 3. The summed E-state index contributed by atoms with van der Waals surface area (Å²) in [5.41, 5.74) is 0.846. The van der Waals surface area contributed by atoms with Gasteiger partial charge in [0, 0.05) is 11.1 Å². The van der Waals surface area contributed by atoms with Crippen molar-refractivity contribution in [3.8, 4) is 11.5 Å². The molecule has 0 aliphatic carbocycles. The van der Waals surface area contributed by atoms with E-state index in [-0.39, 0.29) is 23.6 Å². The third-order valence-electron chi connectivity index (χ3n) is 3.43. The van der Waals surface area contributed by atoms with Gasteiger partial charge in [-0.25, -0.2) is 0 Å². The third kappa shape index (κ3) is 2.91. The zero-order valence-corrected chi connectivity index (χ0v) is 12.3. The van der Waals surface area contributed by atoms with Crippen LogP contribution < -0.4 is 14.8 Å². The van der Waals surface area contributed by atoms with Crippen LogP contribution in [0.5, 0.6) is 11.5 Å². The molecule has 3 rings (SSSR count). The Bertz CT molecular complexity index is 795. The van der Waals surface area contributed by atoms with Crippen LogP contribution in [-0.4, -0.2) is 31.2 Å². The van der Waals surface area contributed by atoms with Gasteiger partial charge in [-0.15, -0.1) is 0 Å². The normalized spacial score (nSPS) is 12.7. The number of fused-ring (bicyclic) bond motifs is 1. The van der Waals surface area contributed by atoms with Crippen LogP contribution in [0, 0.1) is 0 Å². The number of hydrogen-bond acceptors (Lipinski definition) is 5. The van der Waals surface area contributed by atoms with Gasteiger partial charge >= 0.3 is 0 Å². The molecule has 0 aromatic heterocycles. The molecule has 0 atom stereocenters. The largest absolute Gasteiger partial charge is 0.497 e. The summed E-state index contributed by atoms with van der Waals surface area (Å²) in [5, 5.41) is 2.60. The number of amides is 1. The fraction of sp³-hybridized carbons (Fsp3) is 0.118. The second-order valence-corrected chi connectivity index (χ2v) is 4.93. The molecule has 0 fully saturated rings. The van der Waals surface area contributed by atoms with Crippen molar-refractivity contribution in [3.63, 3.8) is 0 Å². The van der Waals surface area contributed by atoms with E-state index in [1.165, 1.54) is 31.4 Å². The summed E-state index contributed by atoms with van der Waals surface area (Å²) in [6, 6.07) is 10.8. The van der Waals surface area contributed by atoms with Crippen LogP contribution in [0.15, 0.2) is 42.5 Å². The minimum Gasteiger partial charge on any atom is -0.497 e. The smallest absolute Gasteiger partial charge is 0.262 e. The first-order valence-corrected chi connectivity index (χ1v) is 6.88. The van der Waals surface area contributed by atoms with E-state index in [1.807, 2.05) is 0 Å². The molecule has 2 aromatic rings. The number of anilines is 1. The average Bonchev–Trinajstić information content (AvgIpc) is 2.59. The predicted octanol–water partition coefficient (Wildman–Crippen LogP) is 2.09. The Morgan fingerprint density at radius 3 is 2.39 bits per heavy atom. The van der Waals surface area contributed by atoms with Gasteiger partial charge in [-0.05, 0) is 42.5 Å². The Morgan fingerprint density at radius 2 is 1.70 bits per heavy atom. The van der Waals surface area contributed by atoms with Crippen LogP contribution in [0.25, 0.3) is 0 Å². The van der Waals surface area contributed by atoms with Crippen LogP contribution in [0.2, 0.25) is 0 Å². The number of benzene rings is 2. The molecule has 0 radical (unpaired) electrons. The van der Waals surface area contributed by atoms with Crippen LogP contribution in [-0.2, 0) is 4.79 Å². The van der Waals surface area contributed by atoms with Gasteiger partial charge in [-0.1, -0.05) is 0 Å². The number of methoxy groups -OCH3 is 1. The van der Waals surface area contributed by atoms with Crippen molar-refractivity contribution in [1.29, 1.82) is 0 Å². The molecule has 1 aliphatic rings. The highest BCUT2D eigenvalue weighted by molar-refractivity contribution is 6.49. The number of hydrogen-bond donors (Lipinski definition) is 1. The Kier molecular flexibility index (Phi) is 3.80. The van der Waals surface area contributed by atoms with E-state index in [0.29, 0.717) is 17.2 Å². The van der Waals surface area contributed by atoms with Crippen LogP contribution in [0.3, 0.4) is 0 Å². The highest BCUT2D eigenvalue weighted by atomic mass is 16.5. The monoisotopic (exact) mass is 311 g/mol. The maximum atomic E-state index is 12.3. The molecule has 1 aliphatic heterocycles. The number of rotatable bonds is 4. The molecule has 0 saturated heterocycles. The molecule has 6 heteroatoms. The van der Waals surface area contributed by atoms with Crippen molar-refractivity contribution in [2.75, 3.05) is 19.0 Å². The Hall–Kier alpha value is -3.15. The summed E-state index contributed by atoms with van der Waals surface area (Å²) in [6.45, 7) is -0.0644. The van der Waals surface area contributed by atoms with E-state index < -0.39 is 11.6 Å².